The fourth-order valence-electron chi connectivity index (χ4n) is 2.63. The van der Waals surface area contributed by atoms with Gasteiger partial charge in [-0.3, -0.25) is 18.6 Å². The van der Waals surface area contributed by atoms with Gasteiger partial charge < -0.3 is 9.47 Å². The van der Waals surface area contributed by atoms with Gasteiger partial charge in [0.25, 0.3) is 0 Å². The topological polar surface area (TPSA) is 91.4 Å². The van der Waals surface area contributed by atoms with E-state index in [1.54, 1.807) is 0 Å². The zero-order valence-corrected chi connectivity index (χ0v) is 16.5. The van der Waals surface area contributed by atoms with Crippen LogP contribution in [0.1, 0.15) is 47.0 Å². The highest BCUT2D eigenvalue weighted by Crippen LogP contribution is 2.57. The van der Waals surface area contributed by atoms with Crippen molar-refractivity contribution in [3.63, 3.8) is 0 Å². The smallest absolute Gasteiger partial charge is 0.408 e. The maximum absolute atomic E-state index is 13.2. The van der Waals surface area contributed by atoms with Crippen molar-refractivity contribution in [3.05, 3.63) is 0 Å². The van der Waals surface area contributed by atoms with Gasteiger partial charge in [0, 0.05) is 32.9 Å². The predicted octanol–water partition coefficient (Wildman–Crippen LogP) is 2.76. The van der Waals surface area contributed by atoms with Crippen molar-refractivity contribution in [1.29, 1.82) is 0 Å². The molecule has 1 fully saturated rings. The van der Waals surface area contributed by atoms with E-state index in [9.17, 15) is 14.2 Å². The third kappa shape index (κ3) is 7.44. The Bertz CT molecular complexity index is 465. The van der Waals surface area contributed by atoms with Crippen LogP contribution in [0.3, 0.4) is 0 Å². The van der Waals surface area contributed by atoms with Gasteiger partial charge in [-0.25, -0.2) is 9.24 Å². The minimum atomic E-state index is -3.53. The quantitative estimate of drug-likeness (QED) is 0.423. The Morgan fingerprint density at radius 1 is 1.12 bits per heavy atom. The fraction of sp³-hybridized carbons (Fsp3) is 0.875. The van der Waals surface area contributed by atoms with Gasteiger partial charge in [0.15, 0.2) is 0 Å². The zero-order valence-electron chi connectivity index (χ0n) is 15.6. The second-order valence-electron chi connectivity index (χ2n) is 6.00. The molecule has 0 aromatic rings. The first-order valence-electron chi connectivity index (χ1n) is 8.77. The van der Waals surface area contributed by atoms with Crippen molar-refractivity contribution in [2.75, 3.05) is 32.9 Å². The summed E-state index contributed by atoms with van der Waals surface area (Å²) in [5.41, 5.74) is 0. The molecule has 3 unspecified atom stereocenters. The Kier molecular flexibility index (Phi) is 9.64. The van der Waals surface area contributed by atoms with E-state index in [1.165, 1.54) is 18.5 Å². The molecule has 1 aliphatic heterocycles. The maximum Gasteiger partial charge on any atom is 0.408 e. The number of nitrogens with zero attached hydrogens (tertiary/aromatic N) is 1. The highest BCUT2D eigenvalue weighted by molar-refractivity contribution is 7.51. The SMILES string of the molecule is CCCC1OP(=O)(N(CCOC(C)=O)CCOC(C)=O)OCC1CC. The van der Waals surface area contributed by atoms with E-state index >= 15 is 0 Å². The molecule has 0 radical (unpaired) electrons. The second-order valence-corrected chi connectivity index (χ2v) is 7.97. The summed E-state index contributed by atoms with van der Waals surface area (Å²) in [6, 6.07) is 0. The van der Waals surface area contributed by atoms with Crippen molar-refractivity contribution >= 4 is 19.7 Å². The van der Waals surface area contributed by atoms with Crippen molar-refractivity contribution in [1.82, 2.24) is 4.67 Å². The molecule has 8 nitrogen and oxygen atoms in total. The Hall–Kier alpha value is -0.950. The van der Waals surface area contributed by atoms with Crippen molar-refractivity contribution < 1.29 is 32.7 Å². The summed E-state index contributed by atoms with van der Waals surface area (Å²) in [5, 5.41) is 0. The summed E-state index contributed by atoms with van der Waals surface area (Å²) in [6.07, 6.45) is 2.46. The molecule has 0 aromatic heterocycles. The minimum absolute atomic E-state index is 0.0573. The fourth-order valence-corrected chi connectivity index (χ4v) is 4.64. The average molecular weight is 379 g/mol. The number of ether oxygens (including phenoxy) is 2. The van der Waals surface area contributed by atoms with Crippen LogP contribution in [-0.4, -0.2) is 55.6 Å². The molecule has 0 N–H and O–H groups in total. The van der Waals surface area contributed by atoms with Gasteiger partial charge in [-0.2, -0.15) is 0 Å². The number of carbonyl (C=O) groups is 2. The summed E-state index contributed by atoms with van der Waals surface area (Å²) < 4.78 is 36.0. The number of esters is 2. The van der Waals surface area contributed by atoms with E-state index in [2.05, 4.69) is 13.8 Å². The lowest BCUT2D eigenvalue weighted by Gasteiger charge is -2.39. The van der Waals surface area contributed by atoms with E-state index in [4.69, 9.17) is 18.5 Å². The Morgan fingerprint density at radius 2 is 1.68 bits per heavy atom. The van der Waals surface area contributed by atoms with E-state index in [0.29, 0.717) is 6.61 Å². The van der Waals surface area contributed by atoms with Crippen LogP contribution in [0.15, 0.2) is 0 Å². The van der Waals surface area contributed by atoms with Gasteiger partial charge in [-0.05, 0) is 12.8 Å². The summed E-state index contributed by atoms with van der Waals surface area (Å²) >= 11 is 0. The molecule has 1 aliphatic rings. The lowest BCUT2D eigenvalue weighted by Crippen LogP contribution is -2.38. The summed E-state index contributed by atoms with van der Waals surface area (Å²) in [4.78, 5) is 21.9. The van der Waals surface area contributed by atoms with Gasteiger partial charge in [0.2, 0.25) is 0 Å². The number of rotatable bonds is 10. The lowest BCUT2D eigenvalue weighted by atomic mass is 9.97. The van der Waals surface area contributed by atoms with Gasteiger partial charge in [0.1, 0.15) is 13.2 Å². The highest BCUT2D eigenvalue weighted by Gasteiger charge is 2.43. The molecular weight excluding hydrogens is 349 g/mol. The Morgan fingerprint density at radius 3 is 2.12 bits per heavy atom. The first-order chi connectivity index (χ1) is 11.8. The number of hydrogen-bond donors (Lipinski definition) is 0. The number of carbonyl (C=O) groups excluding carboxylic acids is 2. The third-order valence-electron chi connectivity index (χ3n) is 4.00. The van der Waals surface area contributed by atoms with Crippen LogP contribution in [0.5, 0.6) is 0 Å². The normalized spacial score (nSPS) is 26.4. The molecule has 0 spiro atoms. The molecule has 1 heterocycles. The Balaban J connectivity index is 2.79. The molecule has 0 aromatic carbocycles. The van der Waals surface area contributed by atoms with Crippen molar-refractivity contribution in [3.8, 4) is 0 Å². The Labute approximate surface area is 149 Å². The van der Waals surface area contributed by atoms with Crippen molar-refractivity contribution in [2.24, 2.45) is 5.92 Å². The summed E-state index contributed by atoms with van der Waals surface area (Å²) in [5.74, 6) is -0.636. The monoisotopic (exact) mass is 379 g/mol. The molecule has 25 heavy (non-hydrogen) atoms. The van der Waals surface area contributed by atoms with E-state index in [0.717, 1.165) is 19.3 Å². The van der Waals surface area contributed by atoms with Crippen molar-refractivity contribution in [2.45, 2.75) is 53.1 Å². The molecule has 0 saturated carbocycles. The van der Waals surface area contributed by atoms with Gasteiger partial charge in [-0.1, -0.05) is 20.3 Å². The molecule has 0 aliphatic carbocycles. The second kappa shape index (κ2) is 10.9. The average Bonchev–Trinajstić information content (AvgIpc) is 2.53. The van der Waals surface area contributed by atoms with Gasteiger partial charge in [-0.15, -0.1) is 0 Å². The van der Waals surface area contributed by atoms with Crippen LogP contribution in [0, 0.1) is 5.92 Å². The minimum Gasteiger partial charge on any atom is -0.464 e. The first-order valence-corrected chi connectivity index (χ1v) is 10.3. The molecule has 0 amide bonds. The van der Waals surface area contributed by atoms with Gasteiger partial charge in [0.05, 0.1) is 12.7 Å². The molecule has 1 rings (SSSR count). The van der Waals surface area contributed by atoms with E-state index in [1.807, 2.05) is 0 Å². The van der Waals surface area contributed by atoms with Crippen LogP contribution in [0.25, 0.3) is 0 Å². The lowest BCUT2D eigenvalue weighted by molar-refractivity contribution is -0.141. The maximum atomic E-state index is 13.2. The molecule has 9 heteroatoms. The first kappa shape index (κ1) is 22.1. The molecule has 1 saturated heterocycles. The van der Waals surface area contributed by atoms with Gasteiger partial charge >= 0.3 is 19.7 Å². The van der Waals surface area contributed by atoms with Crippen LogP contribution in [0.2, 0.25) is 0 Å². The summed E-state index contributed by atoms with van der Waals surface area (Å²) in [7, 11) is -3.53. The van der Waals surface area contributed by atoms with Crippen LogP contribution in [0.4, 0.5) is 0 Å². The van der Waals surface area contributed by atoms with E-state index < -0.39 is 19.7 Å². The molecule has 146 valence electrons. The predicted molar refractivity (Wildman–Crippen MR) is 92.0 cm³/mol. The van der Waals surface area contributed by atoms with Crippen LogP contribution in [-0.2, 0) is 32.7 Å². The number of hydrogen-bond acceptors (Lipinski definition) is 7. The molecular formula is C16H30NO7P. The zero-order chi connectivity index (χ0) is 18.9. The van der Waals surface area contributed by atoms with Crippen LogP contribution >= 0.6 is 7.75 Å². The largest absolute Gasteiger partial charge is 0.464 e. The highest BCUT2D eigenvalue weighted by atomic mass is 31.2. The van der Waals surface area contributed by atoms with Crippen LogP contribution < -0.4 is 0 Å². The molecule has 3 atom stereocenters. The third-order valence-corrected chi connectivity index (χ3v) is 6.10. The van der Waals surface area contributed by atoms with E-state index in [-0.39, 0.29) is 38.3 Å². The molecule has 0 bridgehead atoms. The standard InChI is InChI=1S/C16H30NO7P/c1-5-7-16-15(6-2)12-23-25(20,24-16)17(8-10-21-13(3)18)9-11-22-14(4)19/h15-16H,5-12H2,1-4H3. The summed E-state index contributed by atoms with van der Waals surface area (Å²) in [6.45, 7) is 7.54.